The van der Waals surface area contributed by atoms with Gasteiger partial charge in [0.25, 0.3) is 0 Å². The van der Waals surface area contributed by atoms with E-state index in [9.17, 15) is 4.79 Å². The highest BCUT2D eigenvalue weighted by Crippen LogP contribution is 2.09. The Hall–Kier alpha value is -0.830. The van der Waals surface area contributed by atoms with Crippen LogP contribution < -0.4 is 0 Å². The quantitative estimate of drug-likeness (QED) is 0.476. The zero-order chi connectivity index (χ0) is 8.69. The van der Waals surface area contributed by atoms with E-state index < -0.39 is 0 Å². The molecule has 0 bridgehead atoms. The van der Waals surface area contributed by atoms with Crippen LogP contribution in [0.5, 0.6) is 0 Å². The van der Waals surface area contributed by atoms with Gasteiger partial charge in [-0.05, 0) is 19.3 Å². The van der Waals surface area contributed by atoms with Gasteiger partial charge in [-0.3, -0.25) is 4.79 Å². The zero-order valence-corrected chi connectivity index (χ0v) is 7.52. The largest absolute Gasteiger partial charge is 0.296 e. The summed E-state index contributed by atoms with van der Waals surface area (Å²) in [6.45, 7) is 5.46. The van der Waals surface area contributed by atoms with Gasteiger partial charge in [0.05, 0.1) is 5.03 Å². The molecule has 0 saturated carbocycles. The van der Waals surface area contributed by atoms with E-state index in [1.165, 1.54) is 11.8 Å². The summed E-state index contributed by atoms with van der Waals surface area (Å²) in [6, 6.07) is 0. The number of hydrogen-bond acceptors (Lipinski definition) is 3. The second-order valence-corrected chi connectivity index (χ2v) is 2.63. The molecule has 0 rings (SSSR count). The molecule has 0 saturated heterocycles. The Bertz CT molecular complexity index is 206. The molecule has 0 aromatic carbocycles. The molecule has 0 unspecified atom stereocenters. The number of nitrogens with zero attached hydrogens (tertiary/aromatic N) is 1. The Kier molecular flexibility index (Phi) is 5.47. The number of thioether (sulfide) groups is 1. The first-order chi connectivity index (χ1) is 5.24. The van der Waals surface area contributed by atoms with E-state index >= 15 is 0 Å². The summed E-state index contributed by atoms with van der Waals surface area (Å²) in [5.74, 6) is 0. The maximum atomic E-state index is 10.3. The van der Waals surface area contributed by atoms with E-state index in [4.69, 9.17) is 0 Å². The number of carbonyl (C=O) groups is 1. The average molecular weight is 169 g/mol. The maximum Gasteiger partial charge on any atom is 0.168 e. The molecule has 0 aromatic rings. The van der Waals surface area contributed by atoms with Crippen LogP contribution in [0.15, 0.2) is 28.8 Å². The lowest BCUT2D eigenvalue weighted by Gasteiger charge is -1.92. The van der Waals surface area contributed by atoms with Gasteiger partial charge in [-0.15, -0.1) is 11.8 Å². The molecule has 60 valence electrons. The minimum Gasteiger partial charge on any atom is -0.296 e. The topological polar surface area (TPSA) is 29.4 Å². The third kappa shape index (κ3) is 4.56. The van der Waals surface area contributed by atoms with Gasteiger partial charge in [0.1, 0.15) is 5.71 Å². The number of hydrogen-bond donors (Lipinski definition) is 0. The number of aliphatic imine (C=N–C) groups is 1. The Morgan fingerprint density at radius 1 is 1.64 bits per heavy atom. The van der Waals surface area contributed by atoms with Crippen molar-refractivity contribution in [2.45, 2.75) is 6.92 Å². The molecule has 0 aliphatic heterocycles. The van der Waals surface area contributed by atoms with E-state index in [2.05, 4.69) is 11.6 Å². The normalized spacial score (nSPS) is 12.0. The molecule has 0 aliphatic rings. The van der Waals surface area contributed by atoms with Gasteiger partial charge in [0.15, 0.2) is 6.29 Å². The number of aldehydes is 1. The van der Waals surface area contributed by atoms with E-state index in [0.29, 0.717) is 17.0 Å². The van der Waals surface area contributed by atoms with Crippen molar-refractivity contribution in [3.8, 4) is 0 Å². The van der Waals surface area contributed by atoms with E-state index in [1.807, 2.05) is 13.2 Å². The summed E-state index contributed by atoms with van der Waals surface area (Å²) < 4.78 is 0. The molecule has 0 aromatic heterocycles. The summed E-state index contributed by atoms with van der Waals surface area (Å²) in [5.41, 5.74) is 0.409. The second kappa shape index (κ2) is 5.92. The van der Waals surface area contributed by atoms with Crippen molar-refractivity contribution in [2.24, 2.45) is 4.99 Å². The van der Waals surface area contributed by atoms with Crippen molar-refractivity contribution in [3.05, 3.63) is 23.8 Å². The highest BCUT2D eigenvalue weighted by molar-refractivity contribution is 8.02. The van der Waals surface area contributed by atoms with Gasteiger partial charge < -0.3 is 0 Å². The van der Waals surface area contributed by atoms with E-state index in [-0.39, 0.29) is 0 Å². The van der Waals surface area contributed by atoms with E-state index in [1.54, 1.807) is 12.2 Å². The summed E-state index contributed by atoms with van der Waals surface area (Å²) >= 11 is 1.42. The van der Waals surface area contributed by atoms with Gasteiger partial charge in [-0.25, -0.2) is 4.99 Å². The Labute approximate surface area is 71.1 Å². The van der Waals surface area contributed by atoms with Crippen LogP contribution in [-0.4, -0.2) is 18.3 Å². The smallest absolute Gasteiger partial charge is 0.168 e. The van der Waals surface area contributed by atoms with Crippen LogP contribution in [0, 0.1) is 0 Å². The minimum absolute atomic E-state index is 0.409. The van der Waals surface area contributed by atoms with Crippen molar-refractivity contribution in [3.63, 3.8) is 0 Å². The van der Waals surface area contributed by atoms with Crippen molar-refractivity contribution in [2.75, 3.05) is 6.26 Å². The van der Waals surface area contributed by atoms with Crippen molar-refractivity contribution < 1.29 is 4.79 Å². The predicted octanol–water partition coefficient (Wildman–Crippen LogP) is 2.04. The van der Waals surface area contributed by atoms with Gasteiger partial charge in [0, 0.05) is 0 Å². The molecule has 0 heterocycles. The Balaban J connectivity index is 4.34. The van der Waals surface area contributed by atoms with Crippen molar-refractivity contribution >= 4 is 23.8 Å². The van der Waals surface area contributed by atoms with Crippen LogP contribution >= 0.6 is 11.8 Å². The van der Waals surface area contributed by atoms with Crippen molar-refractivity contribution in [1.82, 2.24) is 0 Å². The highest BCUT2D eigenvalue weighted by Gasteiger charge is 1.90. The molecule has 11 heavy (non-hydrogen) atoms. The van der Waals surface area contributed by atoms with Crippen LogP contribution in [0.4, 0.5) is 0 Å². The summed E-state index contributed by atoms with van der Waals surface area (Å²) in [4.78, 5) is 14.2. The maximum absolute atomic E-state index is 10.3. The van der Waals surface area contributed by atoms with Crippen molar-refractivity contribution in [1.29, 1.82) is 0 Å². The Morgan fingerprint density at radius 2 is 2.27 bits per heavy atom. The lowest BCUT2D eigenvalue weighted by Crippen LogP contribution is -1.93. The highest BCUT2D eigenvalue weighted by atomic mass is 32.2. The van der Waals surface area contributed by atoms with Gasteiger partial charge in [-0.1, -0.05) is 12.7 Å². The monoisotopic (exact) mass is 169 g/mol. The molecular formula is C8H11NOS. The zero-order valence-electron chi connectivity index (χ0n) is 6.70. The second-order valence-electron chi connectivity index (χ2n) is 1.75. The van der Waals surface area contributed by atoms with Gasteiger partial charge in [0.2, 0.25) is 0 Å². The molecule has 0 aliphatic carbocycles. The third-order valence-electron chi connectivity index (χ3n) is 0.948. The molecule has 0 fully saturated rings. The summed E-state index contributed by atoms with van der Waals surface area (Å²) in [6.07, 6.45) is 5.99. The summed E-state index contributed by atoms with van der Waals surface area (Å²) in [7, 11) is 0. The average Bonchev–Trinajstić information content (AvgIpc) is 2.03. The van der Waals surface area contributed by atoms with Crippen LogP contribution in [0.2, 0.25) is 0 Å². The minimum atomic E-state index is 0.409. The van der Waals surface area contributed by atoms with Gasteiger partial charge in [-0.2, -0.15) is 0 Å². The molecule has 0 atom stereocenters. The van der Waals surface area contributed by atoms with Gasteiger partial charge >= 0.3 is 0 Å². The SMILES string of the molecule is C=C(/N=C(C=O)\C=C/C)SC. The van der Waals surface area contributed by atoms with Crippen LogP contribution in [0.1, 0.15) is 6.92 Å². The third-order valence-corrected chi connectivity index (χ3v) is 1.51. The number of allylic oxidation sites excluding steroid dienone is 2. The van der Waals surface area contributed by atoms with Crippen LogP contribution in [0.3, 0.4) is 0 Å². The molecular weight excluding hydrogens is 158 g/mol. The molecule has 3 heteroatoms. The first-order valence-corrected chi connectivity index (χ1v) is 4.36. The van der Waals surface area contributed by atoms with Crippen LogP contribution in [0.25, 0.3) is 0 Å². The molecule has 0 spiro atoms. The molecule has 2 nitrogen and oxygen atoms in total. The molecule has 0 N–H and O–H groups in total. The lowest BCUT2D eigenvalue weighted by atomic mass is 10.4. The first-order valence-electron chi connectivity index (χ1n) is 3.14. The Morgan fingerprint density at radius 3 is 2.64 bits per heavy atom. The summed E-state index contributed by atoms with van der Waals surface area (Å²) in [5, 5.41) is 0.644. The van der Waals surface area contributed by atoms with E-state index in [0.717, 1.165) is 0 Å². The number of carbonyl (C=O) groups excluding carboxylic acids is 1. The standard InChI is InChI=1S/C8H11NOS/c1-4-5-8(6-10)9-7(2)11-3/h4-6H,2H2,1,3H3/b5-4-,9-8+. The van der Waals surface area contributed by atoms with Crippen LogP contribution in [-0.2, 0) is 4.79 Å². The lowest BCUT2D eigenvalue weighted by molar-refractivity contribution is -0.102. The molecule has 0 amide bonds. The predicted molar refractivity (Wildman–Crippen MR) is 51.0 cm³/mol. The molecule has 0 radical (unpaired) electrons. The fourth-order valence-corrected chi connectivity index (χ4v) is 0.660. The fourth-order valence-electron chi connectivity index (χ4n) is 0.463. The first kappa shape index (κ1) is 10.2. The fraction of sp³-hybridized carbons (Fsp3) is 0.250. The number of rotatable bonds is 4.